The maximum absolute atomic E-state index is 12.6. The van der Waals surface area contributed by atoms with Gasteiger partial charge in [-0.25, -0.2) is 0 Å². The Labute approximate surface area is 166 Å². The Morgan fingerprint density at radius 3 is 2.52 bits per heavy atom. The predicted octanol–water partition coefficient (Wildman–Crippen LogP) is 5.67. The molecule has 27 heavy (non-hydrogen) atoms. The van der Waals surface area contributed by atoms with E-state index in [1.54, 1.807) is 24.3 Å². The number of carbonyl (C=O) groups excluding carboxylic acids is 1. The third-order valence-corrected chi connectivity index (χ3v) is 5.79. The Kier molecular flexibility index (Phi) is 4.72. The van der Waals surface area contributed by atoms with Crippen LogP contribution >= 0.6 is 22.9 Å². The molecule has 2 aromatic heterocycles. The maximum atomic E-state index is 12.6. The maximum Gasteiger partial charge on any atom is 0.265 e. The van der Waals surface area contributed by atoms with E-state index in [2.05, 4.69) is 41.6 Å². The second-order valence-electron chi connectivity index (χ2n) is 6.52. The highest BCUT2D eigenvalue weighted by Gasteiger charge is 2.16. The number of fused-ring (bicyclic) bond motifs is 1. The Balaban J connectivity index is 1.60. The molecule has 0 aliphatic heterocycles. The van der Waals surface area contributed by atoms with E-state index in [1.165, 1.54) is 22.5 Å². The van der Waals surface area contributed by atoms with E-state index >= 15 is 0 Å². The Bertz CT molecular complexity index is 1110. The minimum Gasteiger partial charge on any atom is -0.321 e. The molecule has 4 nitrogen and oxygen atoms in total. The molecule has 0 radical (unpaired) electrons. The summed E-state index contributed by atoms with van der Waals surface area (Å²) in [5, 5.41) is 9.22. The number of amides is 1. The van der Waals surface area contributed by atoms with Crippen LogP contribution in [0.1, 0.15) is 26.5 Å². The van der Waals surface area contributed by atoms with Crippen LogP contribution < -0.4 is 5.32 Å². The van der Waals surface area contributed by atoms with Crippen LogP contribution in [0.25, 0.3) is 10.2 Å². The van der Waals surface area contributed by atoms with Gasteiger partial charge in [-0.15, -0.1) is 11.3 Å². The smallest absolute Gasteiger partial charge is 0.265 e. The highest BCUT2D eigenvalue weighted by molar-refractivity contribution is 7.20. The van der Waals surface area contributed by atoms with Crippen molar-refractivity contribution in [1.29, 1.82) is 0 Å². The van der Waals surface area contributed by atoms with Crippen LogP contribution in [0.2, 0.25) is 5.02 Å². The van der Waals surface area contributed by atoms with Gasteiger partial charge >= 0.3 is 0 Å². The van der Waals surface area contributed by atoms with Crippen molar-refractivity contribution in [1.82, 2.24) is 9.78 Å². The van der Waals surface area contributed by atoms with Gasteiger partial charge in [-0.3, -0.25) is 9.48 Å². The van der Waals surface area contributed by atoms with Crippen LogP contribution in [-0.2, 0) is 6.54 Å². The van der Waals surface area contributed by atoms with Crippen LogP contribution in [0.3, 0.4) is 0 Å². The summed E-state index contributed by atoms with van der Waals surface area (Å²) in [6, 6.07) is 17.4. The van der Waals surface area contributed by atoms with Crippen molar-refractivity contribution in [3.8, 4) is 0 Å². The van der Waals surface area contributed by atoms with E-state index in [0.29, 0.717) is 16.4 Å². The first-order valence-electron chi connectivity index (χ1n) is 8.59. The topological polar surface area (TPSA) is 46.9 Å². The van der Waals surface area contributed by atoms with Gasteiger partial charge in [0.1, 0.15) is 4.83 Å². The van der Waals surface area contributed by atoms with Gasteiger partial charge in [0.2, 0.25) is 0 Å². The Morgan fingerprint density at radius 2 is 1.81 bits per heavy atom. The standard InChI is InChI=1S/C21H18ClN3OS/c1-13-3-5-15(6-4-13)12-25-21-18(14(2)24-25)11-19(27-21)20(26)23-17-9-7-16(22)8-10-17/h3-11H,12H2,1-2H3,(H,23,26). The van der Waals surface area contributed by atoms with Gasteiger partial charge in [0.15, 0.2) is 0 Å². The largest absolute Gasteiger partial charge is 0.321 e. The zero-order valence-corrected chi connectivity index (χ0v) is 16.6. The fraction of sp³-hybridized carbons (Fsp3) is 0.143. The Morgan fingerprint density at radius 1 is 1.11 bits per heavy atom. The molecule has 2 heterocycles. The lowest BCUT2D eigenvalue weighted by Gasteiger charge is -2.04. The van der Waals surface area contributed by atoms with Crippen LogP contribution in [0, 0.1) is 13.8 Å². The van der Waals surface area contributed by atoms with Crippen molar-refractivity contribution in [2.75, 3.05) is 5.32 Å². The Hall–Kier alpha value is -2.63. The lowest BCUT2D eigenvalue weighted by molar-refractivity contribution is 0.103. The number of carbonyl (C=O) groups is 1. The molecular formula is C21H18ClN3OS. The molecular weight excluding hydrogens is 378 g/mol. The summed E-state index contributed by atoms with van der Waals surface area (Å²) in [4.78, 5) is 14.3. The number of rotatable bonds is 4. The molecule has 4 rings (SSSR count). The number of hydrogen-bond donors (Lipinski definition) is 1. The number of aromatic nitrogens is 2. The van der Waals surface area contributed by atoms with Crippen molar-refractivity contribution in [2.45, 2.75) is 20.4 Å². The fourth-order valence-electron chi connectivity index (χ4n) is 2.92. The molecule has 0 aliphatic carbocycles. The average molecular weight is 396 g/mol. The molecule has 2 aromatic carbocycles. The lowest BCUT2D eigenvalue weighted by Crippen LogP contribution is -2.10. The molecule has 0 atom stereocenters. The molecule has 0 unspecified atom stereocenters. The third kappa shape index (κ3) is 3.75. The SMILES string of the molecule is Cc1ccc(Cn2nc(C)c3cc(C(=O)Nc4ccc(Cl)cc4)sc32)cc1. The first-order valence-corrected chi connectivity index (χ1v) is 9.78. The summed E-state index contributed by atoms with van der Waals surface area (Å²) in [5.41, 5.74) is 4.07. The second kappa shape index (κ2) is 7.18. The van der Waals surface area contributed by atoms with Crippen LogP contribution in [0.15, 0.2) is 54.6 Å². The molecule has 0 bridgehead atoms. The molecule has 136 valence electrons. The number of thiophene rings is 1. The lowest BCUT2D eigenvalue weighted by atomic mass is 10.1. The molecule has 4 aromatic rings. The molecule has 0 fully saturated rings. The van der Waals surface area contributed by atoms with Crippen molar-refractivity contribution in [2.24, 2.45) is 0 Å². The first kappa shape index (κ1) is 17.8. The zero-order valence-electron chi connectivity index (χ0n) is 15.0. The molecule has 0 saturated carbocycles. The van der Waals surface area contributed by atoms with Gasteiger partial charge in [-0.05, 0) is 49.7 Å². The highest BCUT2D eigenvalue weighted by Crippen LogP contribution is 2.29. The molecule has 0 aliphatic rings. The number of hydrogen-bond acceptors (Lipinski definition) is 3. The van der Waals surface area contributed by atoms with E-state index in [0.717, 1.165) is 21.6 Å². The highest BCUT2D eigenvalue weighted by atomic mass is 35.5. The van der Waals surface area contributed by atoms with Crippen molar-refractivity contribution in [3.05, 3.63) is 81.3 Å². The molecule has 1 amide bonds. The molecule has 6 heteroatoms. The average Bonchev–Trinajstić information content (AvgIpc) is 3.21. The van der Waals surface area contributed by atoms with Crippen molar-refractivity contribution in [3.63, 3.8) is 0 Å². The number of halogens is 1. The van der Waals surface area contributed by atoms with Gasteiger partial charge in [-0.1, -0.05) is 41.4 Å². The fourth-order valence-corrected chi connectivity index (χ4v) is 4.11. The second-order valence-corrected chi connectivity index (χ2v) is 7.99. The van der Waals surface area contributed by atoms with E-state index in [9.17, 15) is 4.79 Å². The van der Waals surface area contributed by atoms with Crippen LogP contribution in [0.5, 0.6) is 0 Å². The summed E-state index contributed by atoms with van der Waals surface area (Å²) in [5.74, 6) is -0.125. The van der Waals surface area contributed by atoms with Gasteiger partial charge < -0.3 is 5.32 Å². The monoisotopic (exact) mass is 395 g/mol. The number of anilines is 1. The zero-order chi connectivity index (χ0) is 19.0. The van der Waals surface area contributed by atoms with Crippen molar-refractivity contribution >= 4 is 44.7 Å². The van der Waals surface area contributed by atoms with Crippen LogP contribution in [0.4, 0.5) is 5.69 Å². The third-order valence-electron chi connectivity index (χ3n) is 4.39. The predicted molar refractivity (Wildman–Crippen MR) is 112 cm³/mol. The van der Waals surface area contributed by atoms with E-state index in [1.807, 2.05) is 17.7 Å². The minimum absolute atomic E-state index is 0.125. The number of nitrogens with one attached hydrogen (secondary N) is 1. The van der Waals surface area contributed by atoms with Crippen LogP contribution in [-0.4, -0.2) is 15.7 Å². The van der Waals surface area contributed by atoms with Gasteiger partial charge in [0, 0.05) is 16.1 Å². The van der Waals surface area contributed by atoms with E-state index in [4.69, 9.17) is 11.6 Å². The number of benzene rings is 2. The summed E-state index contributed by atoms with van der Waals surface area (Å²) >= 11 is 7.35. The molecule has 1 N–H and O–H groups in total. The van der Waals surface area contributed by atoms with E-state index < -0.39 is 0 Å². The number of aryl methyl sites for hydroxylation is 2. The van der Waals surface area contributed by atoms with Crippen molar-refractivity contribution < 1.29 is 4.79 Å². The normalized spacial score (nSPS) is 11.1. The first-order chi connectivity index (χ1) is 13.0. The summed E-state index contributed by atoms with van der Waals surface area (Å²) in [6.07, 6.45) is 0. The van der Waals surface area contributed by atoms with Gasteiger partial charge in [0.25, 0.3) is 5.91 Å². The quantitative estimate of drug-likeness (QED) is 0.484. The summed E-state index contributed by atoms with van der Waals surface area (Å²) < 4.78 is 1.97. The summed E-state index contributed by atoms with van der Waals surface area (Å²) in [6.45, 7) is 4.73. The van der Waals surface area contributed by atoms with Gasteiger partial charge in [0.05, 0.1) is 17.1 Å². The van der Waals surface area contributed by atoms with E-state index in [-0.39, 0.29) is 5.91 Å². The van der Waals surface area contributed by atoms with Gasteiger partial charge in [-0.2, -0.15) is 5.10 Å². The minimum atomic E-state index is -0.125. The molecule has 0 spiro atoms. The summed E-state index contributed by atoms with van der Waals surface area (Å²) in [7, 11) is 0. The molecule has 0 saturated heterocycles. The number of nitrogens with zero attached hydrogens (tertiary/aromatic N) is 2.